The minimum Gasteiger partial charge on any atom is -0.493 e. The van der Waals surface area contributed by atoms with Gasteiger partial charge in [0.25, 0.3) is 0 Å². The monoisotopic (exact) mass is 633 g/mol. The fourth-order valence-corrected chi connectivity index (χ4v) is 6.96. The summed E-state index contributed by atoms with van der Waals surface area (Å²) in [6, 6.07) is 26.5. The van der Waals surface area contributed by atoms with Crippen molar-refractivity contribution in [1.82, 2.24) is 14.3 Å². The third kappa shape index (κ3) is 5.33. The Morgan fingerprint density at radius 2 is 1.72 bits per heavy atom. The van der Waals surface area contributed by atoms with Crippen molar-refractivity contribution in [1.29, 1.82) is 0 Å². The number of ether oxygens (including phenoxy) is 3. The van der Waals surface area contributed by atoms with E-state index in [-0.39, 0.29) is 12.6 Å². The molecule has 0 radical (unpaired) electrons. The van der Waals surface area contributed by atoms with Gasteiger partial charge >= 0.3 is 5.97 Å². The van der Waals surface area contributed by atoms with E-state index < -0.39 is 0 Å². The highest BCUT2D eigenvalue weighted by Gasteiger charge is 2.30. The summed E-state index contributed by atoms with van der Waals surface area (Å²) in [5.74, 6) is 0.505. The Balaban J connectivity index is 1.39. The van der Waals surface area contributed by atoms with Crippen molar-refractivity contribution < 1.29 is 19.0 Å². The molecule has 0 atom stereocenters. The van der Waals surface area contributed by atoms with E-state index in [0.29, 0.717) is 49.9 Å². The van der Waals surface area contributed by atoms with Crippen molar-refractivity contribution in [3.8, 4) is 16.9 Å². The summed E-state index contributed by atoms with van der Waals surface area (Å²) in [7, 11) is 1.93. The van der Waals surface area contributed by atoms with Crippen LogP contribution < -0.4 is 4.74 Å². The fourth-order valence-electron chi connectivity index (χ4n) is 6.71. The summed E-state index contributed by atoms with van der Waals surface area (Å²) >= 11 is 7.10. The molecule has 0 fully saturated rings. The smallest absolute Gasteiger partial charge is 0.355 e. The molecule has 2 aromatic heterocycles. The van der Waals surface area contributed by atoms with Gasteiger partial charge in [-0.15, -0.1) is 0 Å². The second kappa shape index (κ2) is 12.7. The van der Waals surface area contributed by atoms with Gasteiger partial charge in [0, 0.05) is 41.2 Å². The lowest BCUT2D eigenvalue weighted by atomic mass is 9.98. The lowest BCUT2D eigenvalue weighted by Crippen LogP contribution is -2.16. The zero-order valence-electron chi connectivity index (χ0n) is 26.3. The molecular weight excluding hydrogens is 598 g/mol. The van der Waals surface area contributed by atoms with Gasteiger partial charge in [0.15, 0.2) is 0 Å². The van der Waals surface area contributed by atoms with Gasteiger partial charge in [-0.2, -0.15) is 5.10 Å². The van der Waals surface area contributed by atoms with Gasteiger partial charge in [0.05, 0.1) is 42.7 Å². The van der Waals surface area contributed by atoms with Crippen molar-refractivity contribution >= 4 is 39.2 Å². The van der Waals surface area contributed by atoms with E-state index in [9.17, 15) is 4.79 Å². The number of hydrogen-bond donors (Lipinski definition) is 0. The van der Waals surface area contributed by atoms with Gasteiger partial charge < -0.3 is 18.8 Å². The molecule has 0 bridgehead atoms. The molecule has 7 nitrogen and oxygen atoms in total. The largest absolute Gasteiger partial charge is 0.493 e. The van der Waals surface area contributed by atoms with Crippen LogP contribution in [0.2, 0.25) is 5.02 Å². The van der Waals surface area contributed by atoms with Crippen molar-refractivity contribution in [2.45, 2.75) is 46.4 Å². The van der Waals surface area contributed by atoms with E-state index in [1.54, 1.807) is 0 Å². The number of nitrogens with zero attached hydrogens (tertiary/aromatic N) is 3. The number of fused-ring (bicyclic) bond motifs is 4. The number of rotatable bonds is 7. The maximum atomic E-state index is 13.9. The highest BCUT2D eigenvalue weighted by Crippen LogP contribution is 2.43. The van der Waals surface area contributed by atoms with E-state index in [1.165, 1.54) is 0 Å². The zero-order chi connectivity index (χ0) is 31.8. The second-order valence-electron chi connectivity index (χ2n) is 11.7. The molecule has 4 aromatic carbocycles. The minimum absolute atomic E-state index is 0.272. The topological polar surface area (TPSA) is 67.5 Å². The average molecular weight is 634 g/mol. The summed E-state index contributed by atoms with van der Waals surface area (Å²) in [5.41, 5.74) is 8.07. The van der Waals surface area contributed by atoms with E-state index in [2.05, 4.69) is 34.9 Å². The van der Waals surface area contributed by atoms with Crippen molar-refractivity contribution in [3.63, 3.8) is 0 Å². The molecule has 0 saturated carbocycles. The van der Waals surface area contributed by atoms with Crippen LogP contribution >= 0.6 is 11.6 Å². The maximum absolute atomic E-state index is 13.9. The lowest BCUT2D eigenvalue weighted by molar-refractivity contribution is 0.0513. The predicted molar refractivity (Wildman–Crippen MR) is 182 cm³/mol. The molecule has 3 heterocycles. The molecule has 0 saturated heterocycles. The summed E-state index contributed by atoms with van der Waals surface area (Å²) in [6.07, 6.45) is 1.32. The molecule has 0 spiro atoms. The van der Waals surface area contributed by atoms with Crippen LogP contribution in [-0.4, -0.2) is 33.5 Å². The first-order chi connectivity index (χ1) is 22.5. The van der Waals surface area contributed by atoms with Crippen molar-refractivity contribution in [2.24, 2.45) is 7.05 Å². The van der Waals surface area contributed by atoms with E-state index >= 15 is 0 Å². The summed E-state index contributed by atoms with van der Waals surface area (Å²) in [4.78, 5) is 13.9. The van der Waals surface area contributed by atoms with Crippen LogP contribution in [0.25, 0.3) is 32.8 Å². The molecule has 234 valence electrons. The van der Waals surface area contributed by atoms with Crippen LogP contribution in [0.4, 0.5) is 0 Å². The van der Waals surface area contributed by atoms with Gasteiger partial charge in [-0.05, 0) is 60.9 Å². The summed E-state index contributed by atoms with van der Waals surface area (Å²) in [6.45, 7) is 5.86. The van der Waals surface area contributed by atoms with Gasteiger partial charge in [0.1, 0.15) is 11.4 Å². The van der Waals surface area contributed by atoms with Crippen molar-refractivity contribution in [3.05, 3.63) is 118 Å². The molecule has 0 aliphatic carbocycles. The van der Waals surface area contributed by atoms with Crippen LogP contribution in [-0.2, 0) is 42.7 Å². The lowest BCUT2D eigenvalue weighted by Gasteiger charge is -2.16. The molecule has 1 aliphatic heterocycles. The Morgan fingerprint density at radius 3 is 2.57 bits per heavy atom. The Morgan fingerprint density at radius 1 is 0.935 bits per heavy atom. The highest BCUT2D eigenvalue weighted by molar-refractivity contribution is 6.35. The van der Waals surface area contributed by atoms with Crippen LogP contribution in [0.5, 0.6) is 5.75 Å². The van der Waals surface area contributed by atoms with E-state index in [0.717, 1.165) is 66.6 Å². The quantitative estimate of drug-likeness (QED) is 0.130. The number of esters is 1. The van der Waals surface area contributed by atoms with E-state index in [1.807, 2.05) is 74.1 Å². The maximum Gasteiger partial charge on any atom is 0.355 e. The number of benzene rings is 4. The standard InChI is InChI=1S/C38H36ClN3O4/c1-4-45-38(43)37-29(16-10-20-46-33-17-9-14-25-11-7-8-15-28(25)33)30-18-19-31(39)35-34-24(2)41(3)40-32(34)23-44-22-27-13-6-5-12-26(27)21-42(37)36(30)35/h5-9,11-15,17-19H,4,10,16,20-23H2,1-3H3. The number of carbonyl (C=O) groups is 1. The van der Waals surface area contributed by atoms with Crippen molar-refractivity contribution in [2.75, 3.05) is 13.2 Å². The van der Waals surface area contributed by atoms with Gasteiger partial charge in [-0.3, -0.25) is 4.68 Å². The first kappa shape index (κ1) is 30.1. The molecule has 0 amide bonds. The van der Waals surface area contributed by atoms with Gasteiger partial charge in [0.2, 0.25) is 0 Å². The number of halogens is 1. The zero-order valence-corrected chi connectivity index (χ0v) is 27.1. The predicted octanol–water partition coefficient (Wildman–Crippen LogP) is 8.42. The minimum atomic E-state index is -0.350. The van der Waals surface area contributed by atoms with Gasteiger partial charge in [-0.1, -0.05) is 78.3 Å². The number of hydrogen-bond acceptors (Lipinski definition) is 5. The highest BCUT2D eigenvalue weighted by atomic mass is 35.5. The first-order valence-electron chi connectivity index (χ1n) is 15.7. The van der Waals surface area contributed by atoms with Crippen LogP contribution in [0.15, 0.2) is 78.9 Å². The van der Waals surface area contributed by atoms with Gasteiger partial charge in [-0.25, -0.2) is 4.79 Å². The number of aromatic nitrogens is 3. The average Bonchev–Trinajstić information content (AvgIpc) is 3.51. The number of carbonyl (C=O) groups excluding carboxylic acids is 1. The third-order valence-electron chi connectivity index (χ3n) is 8.92. The Kier molecular flexibility index (Phi) is 8.28. The first-order valence-corrected chi connectivity index (χ1v) is 16.1. The SMILES string of the molecule is CCOC(=O)c1c(CCCOc2cccc3ccccc23)c2ccc(Cl)c3c2n1Cc1ccccc1COCc1nn(C)c(C)c1-3. The summed E-state index contributed by atoms with van der Waals surface area (Å²) < 4.78 is 22.3. The Bertz CT molecular complexity index is 2090. The molecule has 0 N–H and O–H groups in total. The molecule has 8 heteroatoms. The summed E-state index contributed by atoms with van der Waals surface area (Å²) in [5, 5.41) is 8.62. The van der Waals surface area contributed by atoms with E-state index in [4.69, 9.17) is 30.9 Å². The van der Waals surface area contributed by atoms with Crippen LogP contribution in [0.1, 0.15) is 51.9 Å². The normalized spacial score (nSPS) is 12.9. The Labute approximate surface area is 273 Å². The molecule has 46 heavy (non-hydrogen) atoms. The van der Waals surface area contributed by atoms with Crippen LogP contribution in [0, 0.1) is 6.92 Å². The molecule has 7 rings (SSSR count). The third-order valence-corrected chi connectivity index (χ3v) is 9.24. The fraction of sp³-hybridized carbons (Fsp3) is 0.263. The van der Waals surface area contributed by atoms with Crippen LogP contribution in [0.3, 0.4) is 0 Å². The second-order valence-corrected chi connectivity index (χ2v) is 12.1. The molecular formula is C38H36ClN3O4. The molecule has 0 unspecified atom stereocenters. The number of aryl methyl sites for hydroxylation is 2. The molecule has 6 aromatic rings. The Hall–Kier alpha value is -4.59. The molecule has 1 aliphatic rings.